The highest BCUT2D eigenvalue weighted by Crippen LogP contribution is 2.29. The average molecular weight is 355 g/mol. The summed E-state index contributed by atoms with van der Waals surface area (Å²) >= 11 is 0. The minimum Gasteiger partial charge on any atom is -0.508 e. The molecule has 1 aliphatic carbocycles. The fourth-order valence-electron chi connectivity index (χ4n) is 3.08. The predicted octanol–water partition coefficient (Wildman–Crippen LogP) is 3.55. The van der Waals surface area contributed by atoms with Crippen LogP contribution in [-0.2, 0) is 11.3 Å². The van der Waals surface area contributed by atoms with Gasteiger partial charge in [0.05, 0.1) is 25.5 Å². The van der Waals surface area contributed by atoms with Gasteiger partial charge in [0, 0.05) is 11.6 Å². The van der Waals surface area contributed by atoms with Gasteiger partial charge in [-0.2, -0.15) is 0 Å². The second kappa shape index (κ2) is 7.47. The maximum atomic E-state index is 12.4. The average Bonchev–Trinajstić information content (AvgIpc) is 2.64. The van der Waals surface area contributed by atoms with Crippen LogP contribution in [0.1, 0.15) is 34.8 Å². The van der Waals surface area contributed by atoms with Crippen LogP contribution in [-0.4, -0.2) is 31.0 Å². The van der Waals surface area contributed by atoms with Crippen LogP contribution in [0, 0.1) is 5.92 Å². The van der Waals surface area contributed by atoms with Crippen LogP contribution in [0.5, 0.6) is 17.2 Å². The zero-order chi connectivity index (χ0) is 18.7. The summed E-state index contributed by atoms with van der Waals surface area (Å²) in [6.45, 7) is 2.09. The standard InChI is InChI=1S/C20H21NO5/c1-12-6-13-8-15(22)4-5-18(13)19(7-12)21-26-20(23)14-9-16(24-2)11-17(10-14)25-3/h4-5,8-12,22H,6-7H2,1-3H3/b21-19+/t12-/m0/s1. The van der Waals surface area contributed by atoms with E-state index in [-0.39, 0.29) is 5.75 Å². The lowest BCUT2D eigenvalue weighted by atomic mass is 9.83. The van der Waals surface area contributed by atoms with Crippen molar-refractivity contribution in [2.75, 3.05) is 14.2 Å². The normalized spacial score (nSPS) is 17.5. The highest BCUT2D eigenvalue weighted by atomic mass is 16.7. The fraction of sp³-hybridized carbons (Fsp3) is 0.300. The van der Waals surface area contributed by atoms with Gasteiger partial charge in [0.25, 0.3) is 0 Å². The Morgan fingerprint density at radius 1 is 1.08 bits per heavy atom. The Kier molecular flexibility index (Phi) is 5.11. The maximum absolute atomic E-state index is 12.4. The number of methoxy groups -OCH3 is 2. The van der Waals surface area contributed by atoms with E-state index in [1.165, 1.54) is 14.2 Å². The van der Waals surface area contributed by atoms with E-state index in [9.17, 15) is 9.90 Å². The molecule has 2 aromatic carbocycles. The summed E-state index contributed by atoms with van der Waals surface area (Å²) in [5.74, 6) is 0.969. The number of ether oxygens (including phenoxy) is 2. The van der Waals surface area contributed by atoms with Crippen molar-refractivity contribution in [3.8, 4) is 17.2 Å². The Morgan fingerprint density at radius 3 is 2.42 bits per heavy atom. The smallest absolute Gasteiger partial charge is 0.366 e. The monoisotopic (exact) mass is 355 g/mol. The van der Waals surface area contributed by atoms with E-state index in [0.29, 0.717) is 35.1 Å². The minimum atomic E-state index is -0.590. The lowest BCUT2D eigenvalue weighted by Gasteiger charge is -2.22. The SMILES string of the molecule is COc1cc(OC)cc(C(=O)O/N=C2\C[C@@H](C)Cc3cc(O)ccc32)c1. The summed E-state index contributed by atoms with van der Waals surface area (Å²) in [7, 11) is 3.03. The molecule has 2 aromatic rings. The third-order valence-electron chi connectivity index (χ3n) is 4.34. The zero-order valence-corrected chi connectivity index (χ0v) is 15.0. The van der Waals surface area contributed by atoms with Crippen molar-refractivity contribution in [1.29, 1.82) is 0 Å². The summed E-state index contributed by atoms with van der Waals surface area (Å²) in [5.41, 5.74) is 2.89. The summed E-state index contributed by atoms with van der Waals surface area (Å²) in [6.07, 6.45) is 1.55. The van der Waals surface area contributed by atoms with Crippen LogP contribution in [0.25, 0.3) is 0 Å². The van der Waals surface area contributed by atoms with Gasteiger partial charge in [0.15, 0.2) is 0 Å². The molecule has 0 fully saturated rings. The number of fused-ring (bicyclic) bond motifs is 1. The van der Waals surface area contributed by atoms with Crippen LogP contribution in [0.15, 0.2) is 41.6 Å². The van der Waals surface area contributed by atoms with E-state index < -0.39 is 5.97 Å². The highest BCUT2D eigenvalue weighted by molar-refractivity contribution is 6.03. The van der Waals surface area contributed by atoms with E-state index in [0.717, 1.165) is 17.5 Å². The van der Waals surface area contributed by atoms with Crippen molar-refractivity contribution in [3.05, 3.63) is 53.1 Å². The number of hydrogen-bond acceptors (Lipinski definition) is 6. The number of carbonyl (C=O) groups is 1. The van der Waals surface area contributed by atoms with Gasteiger partial charge in [-0.25, -0.2) is 4.79 Å². The van der Waals surface area contributed by atoms with Gasteiger partial charge < -0.3 is 19.4 Å². The predicted molar refractivity (Wildman–Crippen MR) is 97.1 cm³/mol. The molecular weight excluding hydrogens is 334 g/mol. The first kappa shape index (κ1) is 17.8. The summed E-state index contributed by atoms with van der Waals surface area (Å²) in [5, 5.41) is 13.8. The van der Waals surface area contributed by atoms with Crippen LogP contribution >= 0.6 is 0 Å². The van der Waals surface area contributed by atoms with Crippen LogP contribution in [0.2, 0.25) is 0 Å². The van der Waals surface area contributed by atoms with E-state index in [1.807, 2.05) is 0 Å². The number of hydrogen-bond donors (Lipinski definition) is 1. The van der Waals surface area contributed by atoms with Crippen molar-refractivity contribution in [2.24, 2.45) is 11.1 Å². The number of carbonyl (C=O) groups excluding carboxylic acids is 1. The zero-order valence-electron chi connectivity index (χ0n) is 15.0. The molecule has 1 atom stereocenters. The number of aromatic hydroxyl groups is 1. The van der Waals surface area contributed by atoms with Crippen molar-refractivity contribution in [3.63, 3.8) is 0 Å². The maximum Gasteiger partial charge on any atom is 0.366 e. The van der Waals surface area contributed by atoms with Crippen molar-refractivity contribution in [1.82, 2.24) is 0 Å². The van der Waals surface area contributed by atoms with E-state index in [1.54, 1.807) is 36.4 Å². The Morgan fingerprint density at radius 2 is 1.77 bits per heavy atom. The molecule has 0 bridgehead atoms. The Labute approximate surface area is 152 Å². The number of phenols is 1. The molecule has 3 rings (SSSR count). The molecule has 0 aromatic heterocycles. The third-order valence-corrected chi connectivity index (χ3v) is 4.34. The van der Waals surface area contributed by atoms with E-state index in [2.05, 4.69) is 12.1 Å². The van der Waals surface area contributed by atoms with Gasteiger partial charge in [0.2, 0.25) is 0 Å². The molecule has 136 valence electrons. The summed E-state index contributed by atoms with van der Waals surface area (Å²) in [6, 6.07) is 9.96. The topological polar surface area (TPSA) is 77.4 Å². The largest absolute Gasteiger partial charge is 0.508 e. The molecular formula is C20H21NO5. The van der Waals surface area contributed by atoms with Crippen LogP contribution < -0.4 is 9.47 Å². The summed E-state index contributed by atoms with van der Waals surface area (Å²) < 4.78 is 10.3. The molecule has 1 N–H and O–H groups in total. The van der Waals surface area contributed by atoms with Crippen molar-refractivity contribution < 1.29 is 24.2 Å². The number of phenolic OH excluding ortho intramolecular Hbond substituents is 1. The molecule has 0 saturated heterocycles. The van der Waals surface area contributed by atoms with Crippen molar-refractivity contribution >= 4 is 11.7 Å². The van der Waals surface area contributed by atoms with Crippen LogP contribution in [0.4, 0.5) is 0 Å². The molecule has 0 amide bonds. The van der Waals surface area contributed by atoms with Gasteiger partial charge in [-0.15, -0.1) is 0 Å². The highest BCUT2D eigenvalue weighted by Gasteiger charge is 2.22. The summed E-state index contributed by atoms with van der Waals surface area (Å²) in [4.78, 5) is 17.6. The fourth-order valence-corrected chi connectivity index (χ4v) is 3.08. The van der Waals surface area contributed by atoms with Gasteiger partial charge >= 0.3 is 5.97 Å². The molecule has 6 heteroatoms. The lowest BCUT2D eigenvalue weighted by molar-refractivity contribution is 0.0514. The number of nitrogens with zero attached hydrogens (tertiary/aromatic N) is 1. The van der Waals surface area contributed by atoms with Gasteiger partial charge in [0.1, 0.15) is 17.2 Å². The van der Waals surface area contributed by atoms with E-state index >= 15 is 0 Å². The Hall–Kier alpha value is -3.02. The lowest BCUT2D eigenvalue weighted by Crippen LogP contribution is -2.19. The first-order valence-corrected chi connectivity index (χ1v) is 8.33. The first-order valence-electron chi connectivity index (χ1n) is 8.33. The number of oxime groups is 1. The second-order valence-electron chi connectivity index (χ2n) is 6.37. The third kappa shape index (κ3) is 3.79. The molecule has 6 nitrogen and oxygen atoms in total. The first-order chi connectivity index (χ1) is 12.5. The molecule has 26 heavy (non-hydrogen) atoms. The molecule has 0 unspecified atom stereocenters. The molecule has 0 spiro atoms. The quantitative estimate of drug-likeness (QED) is 0.670. The molecule has 0 radical (unpaired) electrons. The molecule has 0 saturated carbocycles. The minimum absolute atomic E-state index is 0.220. The molecule has 0 aliphatic heterocycles. The second-order valence-corrected chi connectivity index (χ2v) is 6.37. The van der Waals surface area contributed by atoms with Crippen molar-refractivity contribution in [2.45, 2.75) is 19.8 Å². The Bertz CT molecular complexity index is 837. The van der Waals surface area contributed by atoms with Gasteiger partial charge in [-0.1, -0.05) is 12.1 Å². The molecule has 0 heterocycles. The van der Waals surface area contributed by atoms with Crippen LogP contribution in [0.3, 0.4) is 0 Å². The number of benzene rings is 2. The molecule has 1 aliphatic rings. The van der Waals surface area contributed by atoms with Gasteiger partial charge in [-0.3, -0.25) is 0 Å². The van der Waals surface area contributed by atoms with E-state index in [4.69, 9.17) is 14.3 Å². The Balaban J connectivity index is 1.85. The number of rotatable bonds is 4. The van der Waals surface area contributed by atoms with Gasteiger partial charge in [-0.05, 0) is 54.7 Å².